The average Bonchev–Trinajstić information content (AvgIpc) is 3.43. The van der Waals surface area contributed by atoms with E-state index in [9.17, 15) is 37.6 Å². The highest BCUT2D eigenvalue weighted by Gasteiger charge is 2.44. The summed E-state index contributed by atoms with van der Waals surface area (Å²) < 4.78 is 59.1. The van der Waals surface area contributed by atoms with Crippen molar-refractivity contribution in [2.45, 2.75) is 49.9 Å². The van der Waals surface area contributed by atoms with Crippen molar-refractivity contribution in [1.29, 1.82) is 0 Å². The number of aliphatic hydroxyl groups excluding tert-OH is 3. The summed E-state index contributed by atoms with van der Waals surface area (Å²) in [5.74, 6) is -1.50. The van der Waals surface area contributed by atoms with Crippen LogP contribution in [0.15, 0.2) is 59.3 Å². The number of furan rings is 1. The third-order valence-electron chi connectivity index (χ3n) is 9.55. The minimum Gasteiger partial charge on any atom is -0.455 e. The van der Waals surface area contributed by atoms with Gasteiger partial charge in [0.05, 0.1) is 36.4 Å². The molecule has 0 radical (unpaired) electrons. The first kappa shape index (κ1) is 39.3. The van der Waals surface area contributed by atoms with Crippen molar-refractivity contribution in [3.63, 3.8) is 0 Å². The molecule has 1 aliphatic carbocycles. The van der Waals surface area contributed by atoms with E-state index in [1.165, 1.54) is 41.7 Å². The number of amides is 2. The molecule has 7 N–H and O–H groups in total. The summed E-state index contributed by atoms with van der Waals surface area (Å²) in [7, 11) is -3.56. The zero-order valence-corrected chi connectivity index (χ0v) is 31.2. The van der Waals surface area contributed by atoms with Gasteiger partial charge >= 0.3 is 7.12 Å². The third kappa shape index (κ3) is 7.37. The summed E-state index contributed by atoms with van der Waals surface area (Å²) >= 11 is 6.46. The maximum atomic E-state index is 13.6. The monoisotopic (exact) mass is 812 g/mol. The molecule has 21 heteroatoms. The van der Waals surface area contributed by atoms with Gasteiger partial charge in [-0.1, -0.05) is 11.6 Å². The van der Waals surface area contributed by atoms with E-state index >= 15 is 0 Å². The number of carbonyl (C=O) groups is 2. The number of benzene rings is 3. The number of nitrogens with two attached hydrogens (primary N) is 1. The lowest BCUT2D eigenvalue weighted by Crippen LogP contribution is -2.33. The van der Waals surface area contributed by atoms with Crippen LogP contribution in [0.5, 0.6) is 0 Å². The number of hydrogen-bond donors (Lipinski definition) is 6. The van der Waals surface area contributed by atoms with Gasteiger partial charge in [-0.05, 0) is 72.4 Å². The quantitative estimate of drug-likeness (QED) is 0.115. The maximum Gasteiger partial charge on any atom is 0.493 e. The fraction of sp³-hybridized carbons (Fsp3) is 0.314. The van der Waals surface area contributed by atoms with E-state index in [2.05, 4.69) is 15.4 Å². The SMILES string of the molecule is CNC(=O)c1c(-c2ccc(F)cc2)oc2cc(N(c3cc(Cl)c4c(c3)COB4O)S(C)(=O)=O)c(C3CC3)cc12.NC(=O)c1ncn([C@@H]2O[C@H](CO)[C@@H](O)[C@H]2O)n1. The second-order valence-corrected chi connectivity index (χ2v) is 15.6. The van der Waals surface area contributed by atoms with E-state index in [0.717, 1.165) is 35.7 Å². The molecule has 2 aromatic heterocycles. The molecule has 0 spiro atoms. The highest BCUT2D eigenvalue weighted by molar-refractivity contribution is 7.92. The van der Waals surface area contributed by atoms with Crippen molar-refractivity contribution in [2.24, 2.45) is 5.73 Å². The molecule has 1 saturated carbocycles. The van der Waals surface area contributed by atoms with Crippen molar-refractivity contribution in [3.8, 4) is 11.3 Å². The Balaban J connectivity index is 0.000000236. The van der Waals surface area contributed by atoms with Crippen molar-refractivity contribution in [3.05, 3.63) is 88.2 Å². The van der Waals surface area contributed by atoms with Crippen LogP contribution in [0.25, 0.3) is 22.3 Å². The molecule has 0 bridgehead atoms. The number of sulfonamides is 1. The molecular formula is C35H35BClFN6O11S. The van der Waals surface area contributed by atoms with Crippen LogP contribution in [-0.2, 0) is 26.0 Å². The largest absolute Gasteiger partial charge is 0.493 e. The average molecular weight is 813 g/mol. The first-order chi connectivity index (χ1) is 26.6. The molecule has 17 nitrogen and oxygen atoms in total. The van der Waals surface area contributed by atoms with Crippen LogP contribution < -0.4 is 20.8 Å². The first-order valence-corrected chi connectivity index (χ1v) is 19.4. The van der Waals surface area contributed by atoms with Gasteiger partial charge in [-0.25, -0.2) is 26.8 Å². The standard InChI is InChI=1S/C27H23BClFN2O6S.C8H12N4O5/c1-31-27(33)24-20-11-19(14-3-4-14)22(12-23(20)38-26(24)15-5-7-17(30)8-6-15)32(39(2,35)36)18-9-16-13-37-28(34)25(16)21(29)10-18;9-6(16)7-10-2-12(11-7)8-5(15)4(14)3(1-13)17-8/h5-12,14,34H,3-4,13H2,1-2H3,(H,31,33);2-5,8,13-15H,1H2,(H2,9,16)/t;3-,4-,5-,8-/m.1/s1. The number of nitrogens with zero attached hydrogens (tertiary/aromatic N) is 4. The molecule has 3 aliphatic rings. The molecule has 3 aromatic carbocycles. The van der Waals surface area contributed by atoms with Gasteiger partial charge in [-0.3, -0.25) is 9.59 Å². The van der Waals surface area contributed by atoms with Crippen LogP contribution in [0, 0.1) is 5.82 Å². The van der Waals surface area contributed by atoms with Crippen LogP contribution in [0.4, 0.5) is 15.8 Å². The summed E-state index contributed by atoms with van der Waals surface area (Å²) in [5.41, 5.74) is 8.48. The molecule has 5 aromatic rings. The summed E-state index contributed by atoms with van der Waals surface area (Å²) in [6.07, 6.45) is -0.444. The van der Waals surface area contributed by atoms with Gasteiger partial charge in [0.25, 0.3) is 11.8 Å². The van der Waals surface area contributed by atoms with E-state index < -0.39 is 60.0 Å². The number of fused-ring (bicyclic) bond motifs is 2. The highest BCUT2D eigenvalue weighted by Crippen LogP contribution is 2.49. The first-order valence-electron chi connectivity index (χ1n) is 17.1. The minimum atomic E-state index is -3.89. The predicted molar refractivity (Wildman–Crippen MR) is 199 cm³/mol. The minimum absolute atomic E-state index is 0.0882. The molecule has 0 unspecified atom stereocenters. The number of ether oxygens (including phenoxy) is 1. The van der Waals surface area contributed by atoms with Gasteiger partial charge in [0.1, 0.15) is 41.8 Å². The number of anilines is 2. The second-order valence-electron chi connectivity index (χ2n) is 13.4. The number of aliphatic hydroxyl groups is 3. The van der Waals surface area contributed by atoms with Gasteiger partial charge in [0.2, 0.25) is 15.8 Å². The predicted octanol–water partition coefficient (Wildman–Crippen LogP) is 1.43. The molecule has 294 valence electrons. The molecular weight excluding hydrogens is 778 g/mol. The number of nitrogens with one attached hydrogen (secondary N) is 1. The Hall–Kier alpha value is -4.93. The molecule has 56 heavy (non-hydrogen) atoms. The normalized spacial score (nSPS) is 20.5. The van der Waals surface area contributed by atoms with Crippen molar-refractivity contribution < 1.29 is 56.5 Å². The molecule has 2 amide bonds. The molecule has 1 saturated heterocycles. The van der Waals surface area contributed by atoms with Crippen LogP contribution >= 0.6 is 11.6 Å². The van der Waals surface area contributed by atoms with Crippen molar-refractivity contribution in [2.75, 3.05) is 24.2 Å². The number of halogens is 2. The maximum absolute atomic E-state index is 13.6. The Morgan fingerprint density at radius 3 is 2.45 bits per heavy atom. The topological polar surface area (TPSA) is 253 Å². The summed E-state index contributed by atoms with van der Waals surface area (Å²) in [5, 5.41) is 45.2. The van der Waals surface area contributed by atoms with E-state index in [1.807, 2.05) is 6.07 Å². The molecule has 4 heterocycles. The zero-order valence-electron chi connectivity index (χ0n) is 29.7. The Kier molecular flexibility index (Phi) is 10.7. The van der Waals surface area contributed by atoms with Crippen LogP contribution in [0.1, 0.15) is 57.1 Å². The Labute approximate surface area is 323 Å². The van der Waals surface area contributed by atoms with Gasteiger partial charge in [0.15, 0.2) is 6.23 Å². The van der Waals surface area contributed by atoms with Crippen LogP contribution in [0.2, 0.25) is 5.02 Å². The van der Waals surface area contributed by atoms with Crippen LogP contribution in [-0.4, -0.2) is 101 Å². The fourth-order valence-electron chi connectivity index (χ4n) is 6.74. The van der Waals surface area contributed by atoms with Crippen molar-refractivity contribution >= 4 is 68.4 Å². The van der Waals surface area contributed by atoms with Gasteiger partial charge in [0, 0.05) is 34.5 Å². The van der Waals surface area contributed by atoms with E-state index in [4.69, 9.17) is 36.2 Å². The summed E-state index contributed by atoms with van der Waals surface area (Å²) in [6.45, 7) is -0.350. The Morgan fingerprint density at radius 2 is 1.86 bits per heavy atom. The van der Waals surface area contributed by atoms with Crippen molar-refractivity contribution in [1.82, 2.24) is 20.1 Å². The molecule has 2 aliphatic heterocycles. The van der Waals surface area contributed by atoms with Gasteiger partial charge in [-0.15, -0.1) is 5.10 Å². The lowest BCUT2D eigenvalue weighted by atomic mass is 9.79. The molecule has 2 fully saturated rings. The third-order valence-corrected chi connectivity index (χ3v) is 10.9. The van der Waals surface area contributed by atoms with E-state index in [1.54, 1.807) is 12.1 Å². The lowest BCUT2D eigenvalue weighted by molar-refractivity contribution is -0.0588. The highest BCUT2D eigenvalue weighted by atomic mass is 35.5. The van der Waals surface area contributed by atoms with Gasteiger partial charge < -0.3 is 45.2 Å². The number of primary amides is 1. The number of hydrogen-bond acceptors (Lipinski definition) is 13. The second kappa shape index (κ2) is 15.2. The molecule has 8 rings (SSSR count). The Bertz CT molecular complexity index is 2450. The number of rotatable bonds is 9. The smallest absolute Gasteiger partial charge is 0.455 e. The summed E-state index contributed by atoms with van der Waals surface area (Å²) in [4.78, 5) is 27.4. The number of carbonyl (C=O) groups excluding carboxylic acids is 2. The zero-order chi connectivity index (χ0) is 40.2. The van der Waals surface area contributed by atoms with Crippen LogP contribution in [0.3, 0.4) is 0 Å². The molecule has 4 atom stereocenters. The number of aromatic nitrogens is 3. The van der Waals surface area contributed by atoms with E-state index in [-0.39, 0.29) is 46.3 Å². The summed E-state index contributed by atoms with van der Waals surface area (Å²) in [6, 6.07) is 12.2. The van der Waals surface area contributed by atoms with Gasteiger partial charge in [-0.2, -0.15) is 0 Å². The lowest BCUT2D eigenvalue weighted by Gasteiger charge is -2.26. The van der Waals surface area contributed by atoms with E-state index in [0.29, 0.717) is 33.2 Å². The fourth-order valence-corrected chi connectivity index (χ4v) is 8.07. The Morgan fingerprint density at radius 1 is 1.14 bits per heavy atom.